The number of ether oxygens (including phenoxy) is 1. The van der Waals surface area contributed by atoms with E-state index >= 15 is 0 Å². The summed E-state index contributed by atoms with van der Waals surface area (Å²) in [6.45, 7) is 18.1. The van der Waals surface area contributed by atoms with Gasteiger partial charge in [-0.15, -0.1) is 0 Å². The van der Waals surface area contributed by atoms with E-state index in [0.717, 1.165) is 12.8 Å². The zero-order valence-corrected chi connectivity index (χ0v) is 59.0. The minimum Gasteiger partial charge on any atom is -0.506 e. The number of hydrogen-bond acceptors (Lipinski definition) is 13. The number of rotatable bonds is 9. The number of Topliss-reactive ketones (excluding diaryl/α,β-unsaturated/α-hetero) is 2. The molecule has 3 saturated heterocycles. The fourth-order valence-electron chi connectivity index (χ4n) is 15.9. The number of aromatic nitrogens is 4. The van der Waals surface area contributed by atoms with Crippen molar-refractivity contribution < 1.29 is 84.6 Å². The lowest BCUT2D eigenvalue weighted by Crippen LogP contribution is -2.63. The summed E-state index contributed by atoms with van der Waals surface area (Å²) < 4.78 is 155. The van der Waals surface area contributed by atoms with Crippen LogP contribution in [0, 0.1) is 13.8 Å². The van der Waals surface area contributed by atoms with Gasteiger partial charge in [0.05, 0.1) is 56.0 Å². The highest BCUT2D eigenvalue weighted by atomic mass is 35.5. The molecule has 3 amide bonds. The van der Waals surface area contributed by atoms with E-state index in [1.165, 1.54) is 63.3 Å². The number of hydrogen-bond donors (Lipinski definition) is 3. The number of sulfone groups is 1. The number of ketones is 2. The predicted octanol–water partition coefficient (Wildman–Crippen LogP) is 12.7. The van der Waals surface area contributed by atoms with Crippen molar-refractivity contribution in [3.8, 4) is 11.5 Å². The summed E-state index contributed by atoms with van der Waals surface area (Å²) in [5.74, 6) is -3.82. The molecule has 1 aliphatic carbocycles. The number of amides is 3. The summed E-state index contributed by atoms with van der Waals surface area (Å²) in [6, 6.07) is 21.2. The topological polar surface area (TPSA) is 214 Å². The molecule has 0 radical (unpaired) electrons. The Labute approximate surface area is 587 Å². The average molecular weight is 1460 g/mol. The number of carbonyl (C=O) groups excluding carboxylic acids is 5. The number of likely N-dealkylation sites (tertiary alicyclic amines) is 3. The molecule has 10 heterocycles. The van der Waals surface area contributed by atoms with E-state index in [1.807, 2.05) is 27.7 Å². The molecule has 3 spiro atoms. The Kier molecular flexibility index (Phi) is 19.8. The molecule has 13 rings (SSSR count). The minimum atomic E-state index is -4.95. The van der Waals surface area contributed by atoms with Crippen molar-refractivity contribution in [1.29, 1.82) is 0 Å². The molecule has 0 atom stereocenters. The van der Waals surface area contributed by atoms with Crippen LogP contribution in [0.1, 0.15) is 182 Å². The van der Waals surface area contributed by atoms with Gasteiger partial charge in [-0.25, -0.2) is 13.4 Å². The fourth-order valence-corrected chi connectivity index (χ4v) is 17.4. The number of fused-ring (bicyclic) bond motifs is 6. The molecule has 7 aliphatic rings. The Morgan fingerprint density at radius 2 is 1.07 bits per heavy atom. The van der Waals surface area contributed by atoms with E-state index in [2.05, 4.69) is 20.5 Å². The SMILES string of the molecule is CC1(C)Cn2c(C(=O)C(F)(F)F)ccc2C2(CCN(C(=O)c3ccc(O)c(Cl)c3)CC2)N1.COc1ccc(C(=O)N2CCC3(CC2)NC(C)(C)Cn2c(C(=O)C(F)(F)F)ccc23)nc1C.Cc1cc(C(=O)N2CCC3(CC2)c2ccc(C(F)(F)F)n2CCN3C2CC2)ccc1S(=O)(=O)C(C)C.[HH].[HH]. The maximum absolute atomic E-state index is 13.6. The van der Waals surface area contributed by atoms with E-state index in [4.69, 9.17) is 16.3 Å². The van der Waals surface area contributed by atoms with Crippen molar-refractivity contribution in [2.24, 2.45) is 0 Å². The summed E-state index contributed by atoms with van der Waals surface area (Å²) in [4.78, 5) is 75.3. The van der Waals surface area contributed by atoms with E-state index < -0.39 is 78.6 Å². The van der Waals surface area contributed by atoms with Gasteiger partial charge in [0, 0.05) is 114 Å². The highest BCUT2D eigenvalue weighted by molar-refractivity contribution is 7.92. The third-order valence-electron chi connectivity index (χ3n) is 20.7. The van der Waals surface area contributed by atoms with Crippen LogP contribution in [0.3, 0.4) is 0 Å². The Morgan fingerprint density at radius 3 is 1.50 bits per heavy atom. The van der Waals surface area contributed by atoms with Crippen molar-refractivity contribution in [1.82, 2.24) is 48.9 Å². The van der Waals surface area contributed by atoms with Crippen LogP contribution in [0.2, 0.25) is 5.02 Å². The highest BCUT2D eigenvalue weighted by Gasteiger charge is 2.55. The molecule has 101 heavy (non-hydrogen) atoms. The van der Waals surface area contributed by atoms with Crippen LogP contribution in [0.5, 0.6) is 11.5 Å². The van der Waals surface area contributed by atoms with Gasteiger partial charge in [-0.1, -0.05) is 11.6 Å². The summed E-state index contributed by atoms with van der Waals surface area (Å²) >= 11 is 5.92. The number of nitrogens with one attached hydrogen (secondary N) is 2. The van der Waals surface area contributed by atoms with E-state index in [0.29, 0.717) is 148 Å². The first-order valence-electron chi connectivity index (χ1n) is 33.5. The number of halogens is 10. The number of nitrogens with zero attached hydrogens (tertiary/aromatic N) is 8. The first-order chi connectivity index (χ1) is 47.1. The first kappa shape index (κ1) is 74.5. The molecule has 550 valence electrons. The molecule has 1 saturated carbocycles. The van der Waals surface area contributed by atoms with Crippen molar-refractivity contribution in [3.63, 3.8) is 0 Å². The molecule has 2 aromatic carbocycles. The van der Waals surface area contributed by atoms with Gasteiger partial charge in [0.2, 0.25) is 0 Å². The van der Waals surface area contributed by atoms with Crippen molar-refractivity contribution >= 4 is 50.7 Å². The van der Waals surface area contributed by atoms with Crippen molar-refractivity contribution in [3.05, 3.63) is 152 Å². The molecule has 6 aromatic rings. The minimum absolute atomic E-state index is 0. The smallest absolute Gasteiger partial charge is 0.456 e. The number of alkyl halides is 9. The van der Waals surface area contributed by atoms with Gasteiger partial charge in [-0.2, -0.15) is 39.5 Å². The van der Waals surface area contributed by atoms with Crippen LogP contribution >= 0.6 is 11.6 Å². The normalized spacial score (nSPS) is 19.9. The lowest BCUT2D eigenvalue weighted by atomic mass is 9.79. The second kappa shape index (κ2) is 26.8. The Balaban J connectivity index is 0.000000178. The maximum Gasteiger partial charge on any atom is 0.456 e. The van der Waals surface area contributed by atoms with Gasteiger partial charge in [-0.3, -0.25) is 39.5 Å². The number of piperidine rings is 3. The maximum atomic E-state index is 13.6. The molecule has 4 aromatic heterocycles. The fraction of sp³-hybridized carbons (Fsp3) is 0.521. The zero-order valence-electron chi connectivity index (χ0n) is 57.4. The number of pyridine rings is 1. The zero-order chi connectivity index (χ0) is 73.7. The Hall–Kier alpha value is -7.73. The lowest BCUT2D eigenvalue weighted by Gasteiger charge is -2.52. The third kappa shape index (κ3) is 14.4. The second-order valence-corrected chi connectivity index (χ2v) is 31.9. The summed E-state index contributed by atoms with van der Waals surface area (Å²) in [5, 5.41) is 16.3. The number of phenols is 1. The van der Waals surface area contributed by atoms with Crippen LogP contribution in [0.25, 0.3) is 0 Å². The van der Waals surface area contributed by atoms with E-state index in [9.17, 15) is 77.0 Å². The standard InChI is InChI=1S/C26H32F3N3O3S.C23H27F3N4O3.C22H23ClF3N3O3.2H2/c1-17(2)36(34,35)21-7-4-19(16-18(21)3)24(33)30-12-10-25(11-13-30)22-8-9-23(26(27,28)29)31(22)14-15-32(25)20-5-6-20;1-14-17(33-4)7-5-15(27-14)20(32)29-11-9-22(10-12-29)18-8-6-16(19(31)23(24,25)26)30(18)13-21(2,3)28-22;1-20(2)12-29-15(18(31)22(24,25)26)4-6-17(29)21(27-20)7-9-28(10-8-21)19(32)13-3-5-16(30)14(23)11-13;;/h4,7-9,16-17,20H,5-6,10-15H2,1-3H3;5-8,28H,9-13H2,1-4H3;3-6,11,27,30H,7-10,12H2,1-2H3;2*1H. The summed E-state index contributed by atoms with van der Waals surface area (Å²) in [6.07, 6.45) is -9.09. The molecule has 4 fully saturated rings. The van der Waals surface area contributed by atoms with Crippen LogP contribution in [0.15, 0.2) is 89.8 Å². The highest BCUT2D eigenvalue weighted by Crippen LogP contribution is 2.50. The van der Waals surface area contributed by atoms with Crippen LogP contribution in [0.4, 0.5) is 39.5 Å². The Morgan fingerprint density at radius 1 is 0.604 bits per heavy atom. The van der Waals surface area contributed by atoms with Gasteiger partial charge in [0.1, 0.15) is 22.9 Å². The summed E-state index contributed by atoms with van der Waals surface area (Å²) in [5.41, 5.74) is 0.0480. The van der Waals surface area contributed by atoms with Crippen molar-refractivity contribution in [2.45, 2.75) is 189 Å². The largest absolute Gasteiger partial charge is 0.506 e. The van der Waals surface area contributed by atoms with Crippen LogP contribution in [-0.2, 0) is 52.3 Å². The quantitative estimate of drug-likeness (QED) is 0.0909. The molecule has 19 nitrogen and oxygen atoms in total. The van der Waals surface area contributed by atoms with Gasteiger partial charge in [0.25, 0.3) is 29.3 Å². The molecule has 3 N–H and O–H groups in total. The second-order valence-electron chi connectivity index (χ2n) is 29.0. The number of methoxy groups -OCH3 is 1. The molecule has 0 unspecified atom stereocenters. The van der Waals surface area contributed by atoms with Gasteiger partial charge in [-0.05, 0) is 197 Å². The number of benzene rings is 2. The predicted molar refractivity (Wildman–Crippen MR) is 360 cm³/mol. The number of aryl methyl sites for hydroxylation is 2. The number of aromatic hydroxyl groups is 1. The van der Waals surface area contributed by atoms with Gasteiger partial charge >= 0.3 is 18.5 Å². The first-order valence-corrected chi connectivity index (χ1v) is 35.5. The molecule has 30 heteroatoms. The number of phenolic OH excluding ortho intramolecular Hbond substituents is 1. The average Bonchev–Trinajstić information content (AvgIpc) is 1.67. The summed E-state index contributed by atoms with van der Waals surface area (Å²) in [7, 11) is -1.91. The lowest BCUT2D eigenvalue weighted by molar-refractivity contribution is -0.145. The van der Waals surface area contributed by atoms with Crippen molar-refractivity contribution in [2.75, 3.05) is 52.9 Å². The molecule has 6 aliphatic heterocycles. The van der Waals surface area contributed by atoms with Crippen LogP contribution < -0.4 is 15.4 Å². The molecular formula is C71H86ClF9N10O9S. The van der Waals surface area contributed by atoms with E-state index in [-0.39, 0.29) is 60.7 Å². The monoisotopic (exact) mass is 1460 g/mol. The number of carbonyl (C=O) groups is 5. The molecule has 0 bridgehead atoms. The third-order valence-corrected chi connectivity index (χ3v) is 23.4. The van der Waals surface area contributed by atoms with Gasteiger partial charge in [0.15, 0.2) is 9.84 Å². The van der Waals surface area contributed by atoms with Crippen LogP contribution in [-0.4, -0.2) is 169 Å². The molecular weight excluding hydrogens is 1380 g/mol. The van der Waals surface area contributed by atoms with E-state index in [1.54, 1.807) is 84.9 Å². The Bertz CT molecular complexity index is 4350. The van der Waals surface area contributed by atoms with Gasteiger partial charge < -0.3 is 38.2 Å².